The average molecular weight is 133 g/mol. The first kappa shape index (κ1) is 6.47. The minimum Gasteiger partial charge on any atom is -0.476 e. The maximum absolute atomic E-state index is 10.1. The summed E-state index contributed by atoms with van der Waals surface area (Å²) in [6.07, 6.45) is 0. The monoisotopic (exact) mass is 133 g/mol. The molecule has 0 spiro atoms. The van der Waals surface area contributed by atoms with E-state index in [2.05, 4.69) is 9.47 Å². The van der Waals surface area contributed by atoms with E-state index in [1.165, 1.54) is 0 Å². The molecule has 0 amide bonds. The number of nitrogens with two attached hydrogens (primary N) is 1. The quantitative estimate of drug-likeness (QED) is 0.466. The van der Waals surface area contributed by atoms with Crippen LogP contribution in [0.5, 0.6) is 0 Å². The van der Waals surface area contributed by atoms with E-state index < -0.39 is 11.9 Å². The van der Waals surface area contributed by atoms with Crippen molar-refractivity contribution in [2.24, 2.45) is 5.73 Å². The van der Waals surface area contributed by atoms with Gasteiger partial charge in [0.2, 0.25) is 0 Å². The van der Waals surface area contributed by atoms with Gasteiger partial charge in [-0.3, -0.25) is 5.73 Å². The molecule has 0 atom stereocenters. The molecule has 0 unspecified atom stereocenters. The van der Waals surface area contributed by atoms with Crippen molar-refractivity contribution in [1.82, 2.24) is 0 Å². The minimum absolute atomic E-state index is 0.239. The van der Waals surface area contributed by atoms with Gasteiger partial charge in [0, 0.05) is 0 Å². The highest BCUT2D eigenvalue weighted by Gasteiger charge is 2.40. The summed E-state index contributed by atoms with van der Waals surface area (Å²) < 4.78 is 9.12. The molecule has 0 aromatic carbocycles. The van der Waals surface area contributed by atoms with E-state index >= 15 is 0 Å². The number of carboxylic acids is 1. The van der Waals surface area contributed by atoms with Gasteiger partial charge in [0.25, 0.3) is 0 Å². The van der Waals surface area contributed by atoms with Crippen LogP contribution in [0.1, 0.15) is 0 Å². The first-order chi connectivity index (χ1) is 4.15. The maximum Gasteiger partial charge on any atom is 0.381 e. The van der Waals surface area contributed by atoms with Gasteiger partial charge in [-0.2, -0.15) is 0 Å². The Morgan fingerprint density at radius 2 is 2.00 bits per heavy atom. The fraction of sp³-hybridized carbons (Fsp3) is 0.750. The number of aliphatic carboxylic acids is 1. The normalized spacial score (nSPS) is 24.1. The van der Waals surface area contributed by atoms with Gasteiger partial charge in [-0.15, -0.1) is 0 Å². The predicted octanol–water partition coefficient (Wildman–Crippen LogP) is -1.27. The summed E-state index contributed by atoms with van der Waals surface area (Å²) in [5.74, 6) is -3.18. The van der Waals surface area contributed by atoms with Crippen molar-refractivity contribution >= 4 is 5.97 Å². The Kier molecular flexibility index (Phi) is 1.40. The number of ether oxygens (including phenoxy) is 2. The highest BCUT2D eigenvalue weighted by Crippen LogP contribution is 2.11. The highest BCUT2D eigenvalue weighted by atomic mass is 16.8. The van der Waals surface area contributed by atoms with Crippen LogP contribution in [0.3, 0.4) is 0 Å². The lowest BCUT2D eigenvalue weighted by Gasteiger charge is -2.14. The molecule has 0 aliphatic carbocycles. The summed E-state index contributed by atoms with van der Waals surface area (Å²) in [5, 5.41) is 8.30. The van der Waals surface area contributed by atoms with Gasteiger partial charge >= 0.3 is 11.9 Å². The third kappa shape index (κ3) is 1.02. The molecule has 0 bridgehead atoms. The Morgan fingerprint density at radius 3 is 2.22 bits per heavy atom. The van der Waals surface area contributed by atoms with Gasteiger partial charge in [0.1, 0.15) is 0 Å². The maximum atomic E-state index is 10.1. The van der Waals surface area contributed by atoms with Crippen LogP contribution in [0.2, 0.25) is 0 Å². The zero-order valence-electron chi connectivity index (χ0n) is 4.66. The van der Waals surface area contributed by atoms with Crippen molar-refractivity contribution in [1.29, 1.82) is 0 Å². The summed E-state index contributed by atoms with van der Waals surface area (Å²) in [5.41, 5.74) is 5.06. The Bertz CT molecular complexity index is 129. The van der Waals surface area contributed by atoms with Crippen molar-refractivity contribution < 1.29 is 19.4 Å². The molecule has 9 heavy (non-hydrogen) atoms. The molecule has 1 saturated heterocycles. The molecule has 3 N–H and O–H groups in total. The van der Waals surface area contributed by atoms with Crippen LogP contribution >= 0.6 is 0 Å². The van der Waals surface area contributed by atoms with E-state index in [4.69, 9.17) is 10.8 Å². The van der Waals surface area contributed by atoms with E-state index in [-0.39, 0.29) is 13.2 Å². The molecule has 5 nitrogen and oxygen atoms in total. The summed E-state index contributed by atoms with van der Waals surface area (Å²) in [7, 11) is 0. The highest BCUT2D eigenvalue weighted by molar-refractivity contribution is 5.74. The van der Waals surface area contributed by atoms with Crippen molar-refractivity contribution in [2.45, 2.75) is 5.91 Å². The number of hydrogen-bond donors (Lipinski definition) is 2. The molecule has 0 aromatic rings. The molecule has 1 fully saturated rings. The molecule has 0 aromatic heterocycles. The Morgan fingerprint density at radius 1 is 1.56 bits per heavy atom. The Labute approximate surface area is 51.4 Å². The standard InChI is InChI=1S/C4H7NO4/c5-4(3(6)7)8-1-2-9-4/h1-2,5H2,(H,6,7). The van der Waals surface area contributed by atoms with E-state index in [0.29, 0.717) is 0 Å². The summed E-state index contributed by atoms with van der Waals surface area (Å²) in [4.78, 5) is 10.1. The van der Waals surface area contributed by atoms with Crippen molar-refractivity contribution in [3.8, 4) is 0 Å². The van der Waals surface area contributed by atoms with E-state index in [0.717, 1.165) is 0 Å². The largest absolute Gasteiger partial charge is 0.476 e. The summed E-state index contributed by atoms with van der Waals surface area (Å²) in [6.45, 7) is 0.478. The second-order valence-corrected chi connectivity index (χ2v) is 1.67. The molecular formula is C4H7NO4. The number of rotatable bonds is 1. The topological polar surface area (TPSA) is 81.8 Å². The van der Waals surface area contributed by atoms with Gasteiger partial charge in [0.05, 0.1) is 13.2 Å². The zero-order valence-corrected chi connectivity index (χ0v) is 4.66. The van der Waals surface area contributed by atoms with E-state index in [9.17, 15) is 4.79 Å². The Hall–Kier alpha value is -0.650. The van der Waals surface area contributed by atoms with Gasteiger partial charge < -0.3 is 14.6 Å². The van der Waals surface area contributed by atoms with Crippen LogP contribution in [0.15, 0.2) is 0 Å². The molecule has 1 rings (SSSR count). The lowest BCUT2D eigenvalue weighted by Crippen LogP contribution is -2.48. The fourth-order valence-electron chi connectivity index (χ4n) is 0.552. The molecule has 5 heteroatoms. The zero-order chi connectivity index (χ0) is 6.91. The van der Waals surface area contributed by atoms with E-state index in [1.807, 2.05) is 0 Å². The van der Waals surface area contributed by atoms with Gasteiger partial charge in [-0.1, -0.05) is 0 Å². The van der Waals surface area contributed by atoms with Crippen LogP contribution in [-0.2, 0) is 14.3 Å². The molecule has 52 valence electrons. The Balaban J connectivity index is 2.61. The van der Waals surface area contributed by atoms with Crippen LogP contribution in [0, 0.1) is 0 Å². The van der Waals surface area contributed by atoms with Gasteiger partial charge in [-0.25, -0.2) is 4.79 Å². The third-order valence-electron chi connectivity index (χ3n) is 1.01. The second kappa shape index (κ2) is 1.94. The molecule has 1 aliphatic rings. The molecule has 0 radical (unpaired) electrons. The number of hydrogen-bond acceptors (Lipinski definition) is 4. The number of carboxylic acid groups (broad SMARTS) is 1. The molecule has 1 aliphatic heterocycles. The molecule has 1 heterocycles. The van der Waals surface area contributed by atoms with Crippen LogP contribution < -0.4 is 5.73 Å². The molecule has 0 saturated carbocycles. The lowest BCUT2D eigenvalue weighted by atomic mass is 10.5. The second-order valence-electron chi connectivity index (χ2n) is 1.67. The number of carbonyl (C=O) groups is 1. The first-order valence-corrected chi connectivity index (χ1v) is 2.45. The van der Waals surface area contributed by atoms with Crippen LogP contribution in [0.4, 0.5) is 0 Å². The average Bonchev–Trinajstić information content (AvgIpc) is 2.16. The summed E-state index contributed by atoms with van der Waals surface area (Å²) in [6, 6.07) is 0. The van der Waals surface area contributed by atoms with Crippen molar-refractivity contribution in [3.05, 3.63) is 0 Å². The van der Waals surface area contributed by atoms with Crippen LogP contribution in [-0.4, -0.2) is 30.2 Å². The first-order valence-electron chi connectivity index (χ1n) is 2.45. The van der Waals surface area contributed by atoms with Gasteiger partial charge in [-0.05, 0) is 0 Å². The van der Waals surface area contributed by atoms with Crippen molar-refractivity contribution in [2.75, 3.05) is 13.2 Å². The van der Waals surface area contributed by atoms with Crippen molar-refractivity contribution in [3.63, 3.8) is 0 Å². The SMILES string of the molecule is NC1(C(=O)O)OCCO1. The smallest absolute Gasteiger partial charge is 0.381 e. The lowest BCUT2D eigenvalue weighted by molar-refractivity contribution is -0.199. The predicted molar refractivity (Wildman–Crippen MR) is 26.5 cm³/mol. The van der Waals surface area contributed by atoms with Gasteiger partial charge in [0.15, 0.2) is 0 Å². The van der Waals surface area contributed by atoms with Crippen LogP contribution in [0.25, 0.3) is 0 Å². The summed E-state index contributed by atoms with van der Waals surface area (Å²) >= 11 is 0. The van der Waals surface area contributed by atoms with E-state index in [1.54, 1.807) is 0 Å². The fourth-order valence-corrected chi connectivity index (χ4v) is 0.552. The third-order valence-corrected chi connectivity index (χ3v) is 1.01. The minimum atomic E-state index is -1.89. The molecular weight excluding hydrogens is 126 g/mol.